The smallest absolute Gasteiger partial charge is 0.226 e. The Hall–Kier alpha value is -4.17. The number of benzene rings is 2. The second-order valence-electron chi connectivity index (χ2n) is 8.94. The normalized spacial score (nSPS) is 16.9. The number of hydrogen-bond acceptors (Lipinski definition) is 4. The van der Waals surface area contributed by atoms with Crippen LogP contribution in [0.5, 0.6) is 5.75 Å². The molecule has 1 aliphatic rings. The Kier molecular flexibility index (Phi) is 7.18. The summed E-state index contributed by atoms with van der Waals surface area (Å²) >= 11 is 5.80. The average Bonchev–Trinajstić information content (AvgIpc) is 3.53. The fraction of sp³-hybridized carbons (Fsp3) is 0.207. The molecule has 8 heteroatoms. The number of rotatable bonds is 8. The van der Waals surface area contributed by atoms with Crippen molar-refractivity contribution in [3.63, 3.8) is 0 Å². The highest BCUT2D eigenvalue weighted by atomic mass is 32.1. The Morgan fingerprint density at radius 2 is 1.92 bits per heavy atom. The number of nitrogens with one attached hydrogen (secondary N) is 2. The van der Waals surface area contributed by atoms with Gasteiger partial charge in [-0.3, -0.25) is 9.78 Å². The third-order valence-corrected chi connectivity index (χ3v) is 6.96. The maximum atomic E-state index is 12.9. The number of amides is 1. The van der Waals surface area contributed by atoms with E-state index in [-0.39, 0.29) is 18.0 Å². The van der Waals surface area contributed by atoms with Gasteiger partial charge in [-0.1, -0.05) is 30.3 Å². The molecule has 2 aromatic carbocycles. The van der Waals surface area contributed by atoms with Gasteiger partial charge in [-0.05, 0) is 67.2 Å². The minimum absolute atomic E-state index is 0.0553. The third-order valence-electron chi connectivity index (χ3n) is 6.61. The van der Waals surface area contributed by atoms with Crippen LogP contribution in [0.4, 0.5) is 5.69 Å². The van der Waals surface area contributed by atoms with E-state index in [2.05, 4.69) is 31.2 Å². The molecule has 0 aliphatic carbocycles. The van der Waals surface area contributed by atoms with E-state index in [9.17, 15) is 4.79 Å². The van der Waals surface area contributed by atoms with E-state index >= 15 is 0 Å². The van der Waals surface area contributed by atoms with Crippen LogP contribution in [0, 0.1) is 6.92 Å². The van der Waals surface area contributed by atoms with Crippen molar-refractivity contribution in [1.29, 1.82) is 0 Å². The Bertz CT molecular complexity index is 1400. The number of aromatic nitrogens is 2. The number of aryl methyl sites for hydroxylation is 1. The lowest BCUT2D eigenvalue weighted by atomic mass is 10.0. The van der Waals surface area contributed by atoms with E-state index in [0.717, 1.165) is 34.1 Å². The van der Waals surface area contributed by atoms with Crippen LogP contribution in [-0.4, -0.2) is 39.1 Å². The van der Waals surface area contributed by atoms with Crippen molar-refractivity contribution in [3.05, 3.63) is 108 Å². The number of methoxy groups -OCH3 is 1. The molecular weight excluding hydrogens is 482 g/mol. The van der Waals surface area contributed by atoms with Gasteiger partial charge < -0.3 is 24.8 Å². The molecule has 2 N–H and O–H groups in total. The van der Waals surface area contributed by atoms with E-state index in [4.69, 9.17) is 17.0 Å². The molecule has 2 atom stereocenters. The van der Waals surface area contributed by atoms with Gasteiger partial charge in [0, 0.05) is 48.5 Å². The number of carbonyl (C=O) groups excluding carboxylic acids is 1. The molecule has 0 radical (unpaired) electrons. The summed E-state index contributed by atoms with van der Waals surface area (Å²) < 4.78 is 7.60. The van der Waals surface area contributed by atoms with Crippen LogP contribution in [0.25, 0.3) is 5.69 Å². The van der Waals surface area contributed by atoms with Crippen molar-refractivity contribution in [3.8, 4) is 11.4 Å². The number of para-hydroxylation sites is 1. The molecule has 37 heavy (non-hydrogen) atoms. The second kappa shape index (κ2) is 10.8. The number of pyridine rings is 1. The summed E-state index contributed by atoms with van der Waals surface area (Å²) in [6, 6.07) is 25.4. The Morgan fingerprint density at radius 3 is 2.70 bits per heavy atom. The zero-order chi connectivity index (χ0) is 25.8. The Labute approximate surface area is 222 Å². The summed E-state index contributed by atoms with van der Waals surface area (Å²) in [7, 11) is 1.66. The number of carbonyl (C=O) groups is 1. The van der Waals surface area contributed by atoms with Gasteiger partial charge in [0.15, 0.2) is 5.11 Å². The summed E-state index contributed by atoms with van der Waals surface area (Å²) in [5.74, 6) is 0.726. The lowest BCUT2D eigenvalue weighted by molar-refractivity contribution is -0.116. The summed E-state index contributed by atoms with van der Waals surface area (Å²) in [6.45, 7) is 2.44. The van der Waals surface area contributed by atoms with Crippen molar-refractivity contribution < 1.29 is 9.53 Å². The van der Waals surface area contributed by atoms with E-state index < -0.39 is 0 Å². The minimum atomic E-state index is -0.174. The summed E-state index contributed by atoms with van der Waals surface area (Å²) in [4.78, 5) is 19.6. The highest BCUT2D eigenvalue weighted by Crippen LogP contribution is 2.39. The molecule has 0 bridgehead atoms. The molecule has 0 saturated carbocycles. The average molecular weight is 512 g/mol. The van der Waals surface area contributed by atoms with Crippen molar-refractivity contribution >= 4 is 28.9 Å². The van der Waals surface area contributed by atoms with E-state index in [1.807, 2.05) is 85.9 Å². The maximum Gasteiger partial charge on any atom is 0.226 e. The number of thiocarbonyl (C=S) groups is 1. The molecular formula is C29H29N5O2S. The van der Waals surface area contributed by atoms with Crippen LogP contribution in [0.2, 0.25) is 0 Å². The van der Waals surface area contributed by atoms with Crippen LogP contribution >= 0.6 is 12.2 Å². The molecule has 0 unspecified atom stereocenters. The van der Waals surface area contributed by atoms with Crippen molar-refractivity contribution in [2.75, 3.05) is 19.0 Å². The van der Waals surface area contributed by atoms with Crippen LogP contribution in [0.3, 0.4) is 0 Å². The fourth-order valence-electron chi connectivity index (χ4n) is 4.75. The van der Waals surface area contributed by atoms with E-state index in [1.54, 1.807) is 13.3 Å². The van der Waals surface area contributed by atoms with Gasteiger partial charge in [-0.2, -0.15) is 0 Å². The van der Waals surface area contributed by atoms with Gasteiger partial charge >= 0.3 is 0 Å². The van der Waals surface area contributed by atoms with E-state index in [0.29, 0.717) is 18.1 Å². The first kappa shape index (κ1) is 24.5. The lowest BCUT2D eigenvalue weighted by Crippen LogP contribution is -2.33. The highest BCUT2D eigenvalue weighted by molar-refractivity contribution is 7.80. The zero-order valence-electron chi connectivity index (χ0n) is 20.8. The molecule has 1 aliphatic heterocycles. The van der Waals surface area contributed by atoms with Gasteiger partial charge in [0.1, 0.15) is 5.75 Å². The first-order valence-corrected chi connectivity index (χ1v) is 12.6. The van der Waals surface area contributed by atoms with E-state index in [1.165, 1.54) is 0 Å². The van der Waals surface area contributed by atoms with Gasteiger partial charge in [-0.25, -0.2) is 0 Å². The number of anilines is 1. The second-order valence-corrected chi connectivity index (χ2v) is 9.32. The number of nitrogens with zero attached hydrogens (tertiary/aromatic N) is 3. The minimum Gasteiger partial charge on any atom is -0.497 e. The van der Waals surface area contributed by atoms with Crippen LogP contribution < -0.4 is 15.4 Å². The molecule has 4 aromatic rings. The van der Waals surface area contributed by atoms with Gasteiger partial charge in [-0.15, -0.1) is 0 Å². The molecule has 1 amide bonds. The predicted octanol–water partition coefficient (Wildman–Crippen LogP) is 5.19. The van der Waals surface area contributed by atoms with Gasteiger partial charge in [0.2, 0.25) is 5.91 Å². The molecule has 5 rings (SSSR count). The zero-order valence-corrected chi connectivity index (χ0v) is 21.6. The van der Waals surface area contributed by atoms with Crippen LogP contribution in [0.1, 0.15) is 35.5 Å². The molecule has 1 fully saturated rings. The van der Waals surface area contributed by atoms with Gasteiger partial charge in [0.05, 0.1) is 24.9 Å². The predicted molar refractivity (Wildman–Crippen MR) is 149 cm³/mol. The maximum absolute atomic E-state index is 12.9. The fourth-order valence-corrected chi connectivity index (χ4v) is 5.08. The standard InChI is InChI=1S/C29H29N5O2S/c1-20-9-3-4-12-23(20)31-26(35)15-18-34-28(27(32-29(34)37)24-13-5-6-16-30-24)25-14-8-17-33(25)21-10-7-11-22(19-21)36-2/h3-14,16-17,19,27-28H,15,18H2,1-2H3,(H,31,35)(H,32,37)/t27-,28-/m0/s1. The molecule has 7 nitrogen and oxygen atoms in total. The Balaban J connectivity index is 1.45. The molecule has 1 saturated heterocycles. The monoisotopic (exact) mass is 511 g/mol. The molecule has 188 valence electrons. The number of ether oxygens (including phenoxy) is 1. The lowest BCUT2D eigenvalue weighted by Gasteiger charge is -2.29. The first-order valence-electron chi connectivity index (χ1n) is 12.2. The topological polar surface area (TPSA) is 71.4 Å². The quantitative estimate of drug-likeness (QED) is 0.317. The molecule has 3 heterocycles. The molecule has 2 aromatic heterocycles. The van der Waals surface area contributed by atoms with Gasteiger partial charge in [0.25, 0.3) is 0 Å². The summed E-state index contributed by atoms with van der Waals surface area (Å²) in [5, 5.41) is 7.10. The summed E-state index contributed by atoms with van der Waals surface area (Å²) in [6.07, 6.45) is 4.11. The van der Waals surface area contributed by atoms with Crippen LogP contribution in [-0.2, 0) is 4.79 Å². The number of hydrogen-bond donors (Lipinski definition) is 2. The summed E-state index contributed by atoms with van der Waals surface area (Å²) in [5.41, 5.74) is 4.76. The van der Waals surface area contributed by atoms with Crippen molar-refractivity contribution in [2.45, 2.75) is 25.4 Å². The first-order chi connectivity index (χ1) is 18.0. The SMILES string of the molecule is COc1cccc(-n2cccc2[C@H]2[C@H](c3ccccn3)NC(=S)N2CCC(=O)Nc2ccccc2C)c1. The Morgan fingerprint density at radius 1 is 1.08 bits per heavy atom. The highest BCUT2D eigenvalue weighted by Gasteiger charge is 2.41. The van der Waals surface area contributed by atoms with Crippen molar-refractivity contribution in [2.24, 2.45) is 0 Å². The third kappa shape index (κ3) is 5.20. The largest absolute Gasteiger partial charge is 0.497 e. The molecule has 0 spiro atoms. The van der Waals surface area contributed by atoms with Crippen LogP contribution in [0.15, 0.2) is 91.3 Å². The van der Waals surface area contributed by atoms with Crippen molar-refractivity contribution in [1.82, 2.24) is 19.8 Å².